The van der Waals surface area contributed by atoms with Crippen LogP contribution < -0.4 is 5.32 Å². The fourth-order valence-corrected chi connectivity index (χ4v) is 0.607. The third kappa shape index (κ3) is 8.90. The van der Waals surface area contributed by atoms with Crippen LogP contribution in [-0.4, -0.2) is 24.7 Å². The molecule has 0 rings (SSSR count). The highest BCUT2D eigenvalue weighted by molar-refractivity contribution is 5.77. The van der Waals surface area contributed by atoms with Crippen molar-refractivity contribution in [2.75, 3.05) is 13.2 Å². The lowest BCUT2D eigenvalue weighted by molar-refractivity contribution is -0.130. The van der Waals surface area contributed by atoms with Crippen LogP contribution in [-0.2, 0) is 9.53 Å². The summed E-state index contributed by atoms with van der Waals surface area (Å²) in [4.78, 5) is 11.1. The third-order valence-electron chi connectivity index (χ3n) is 1.23. The van der Waals surface area contributed by atoms with Gasteiger partial charge in [0.25, 0.3) is 0 Å². The zero-order chi connectivity index (χ0) is 10.3. The predicted octanol–water partition coefficient (Wildman–Crippen LogP) is 0.941. The Bertz CT molecular complexity index is 198. The normalized spacial score (nSPS) is 10.6. The lowest BCUT2D eigenvalue weighted by atomic mass is 10.2. The molecule has 0 atom stereocenters. The first-order valence-corrected chi connectivity index (χ1v) is 4.30. The van der Waals surface area contributed by atoms with E-state index in [0.717, 1.165) is 0 Å². The molecule has 1 N–H and O–H groups in total. The molecule has 0 saturated carbocycles. The highest BCUT2D eigenvalue weighted by Gasteiger charge is 2.12. The van der Waals surface area contributed by atoms with Crippen LogP contribution in [0.5, 0.6) is 0 Å². The Kier molecular flexibility index (Phi) is 5.17. The second-order valence-electron chi connectivity index (χ2n) is 3.71. The van der Waals surface area contributed by atoms with Crippen LogP contribution in [0.25, 0.3) is 0 Å². The zero-order valence-corrected chi connectivity index (χ0v) is 8.52. The summed E-state index contributed by atoms with van der Waals surface area (Å²) in [6.45, 7) is 6.32. The van der Waals surface area contributed by atoms with Gasteiger partial charge in [0, 0.05) is 13.0 Å². The highest BCUT2D eigenvalue weighted by Crippen LogP contribution is 2.05. The van der Waals surface area contributed by atoms with Crippen molar-refractivity contribution in [3.63, 3.8) is 0 Å². The molecule has 0 aromatic heterocycles. The van der Waals surface area contributed by atoms with Crippen molar-refractivity contribution in [2.24, 2.45) is 0 Å². The number of amides is 1. The maximum Gasteiger partial charge on any atom is 0.246 e. The molecule has 74 valence electrons. The highest BCUT2D eigenvalue weighted by atomic mass is 16.5. The van der Waals surface area contributed by atoms with Gasteiger partial charge in [-0.15, -0.1) is 12.3 Å². The lowest BCUT2D eigenvalue weighted by Gasteiger charge is -2.18. The largest absolute Gasteiger partial charge is 0.366 e. The standard InChI is InChI=1S/C10H17NO2/c1-5-6-7-11-9(12)8-13-10(2,3)4/h1H,6-8H2,2-4H3,(H,11,12). The van der Waals surface area contributed by atoms with E-state index in [1.54, 1.807) is 0 Å². The zero-order valence-electron chi connectivity index (χ0n) is 8.52. The number of hydrogen-bond donors (Lipinski definition) is 1. The molecule has 13 heavy (non-hydrogen) atoms. The fraction of sp³-hybridized carbons (Fsp3) is 0.700. The van der Waals surface area contributed by atoms with Gasteiger partial charge in [-0.05, 0) is 20.8 Å². The first kappa shape index (κ1) is 12.0. The average Bonchev–Trinajstić information content (AvgIpc) is 2.00. The number of nitrogens with one attached hydrogen (secondary N) is 1. The summed E-state index contributed by atoms with van der Waals surface area (Å²) in [5.41, 5.74) is -0.274. The van der Waals surface area contributed by atoms with Gasteiger partial charge < -0.3 is 10.1 Å². The lowest BCUT2D eigenvalue weighted by Crippen LogP contribution is -2.32. The molecule has 3 heteroatoms. The number of ether oxygens (including phenoxy) is 1. The molecule has 1 amide bonds. The van der Waals surface area contributed by atoms with E-state index in [0.29, 0.717) is 13.0 Å². The number of rotatable bonds is 4. The molecule has 0 aromatic rings. The van der Waals surface area contributed by atoms with Crippen LogP contribution in [0.15, 0.2) is 0 Å². The van der Waals surface area contributed by atoms with Crippen molar-refractivity contribution in [3.05, 3.63) is 0 Å². The van der Waals surface area contributed by atoms with Crippen LogP contribution in [0, 0.1) is 12.3 Å². The minimum Gasteiger partial charge on any atom is -0.366 e. The maximum atomic E-state index is 11.1. The average molecular weight is 183 g/mol. The number of terminal acetylenes is 1. The van der Waals surface area contributed by atoms with Crippen molar-refractivity contribution >= 4 is 5.91 Å². The summed E-state index contributed by atoms with van der Waals surface area (Å²) in [6, 6.07) is 0. The fourth-order valence-electron chi connectivity index (χ4n) is 0.607. The minimum absolute atomic E-state index is 0.0913. The Balaban J connectivity index is 3.48. The molecule has 0 bridgehead atoms. The van der Waals surface area contributed by atoms with Crippen molar-refractivity contribution < 1.29 is 9.53 Å². The van der Waals surface area contributed by atoms with Crippen LogP contribution in [0.3, 0.4) is 0 Å². The number of hydrogen-bond acceptors (Lipinski definition) is 2. The summed E-state index contributed by atoms with van der Waals surface area (Å²) in [5.74, 6) is 2.32. The Morgan fingerprint density at radius 1 is 1.54 bits per heavy atom. The van der Waals surface area contributed by atoms with Crippen molar-refractivity contribution in [3.8, 4) is 12.3 Å². The Morgan fingerprint density at radius 3 is 2.62 bits per heavy atom. The van der Waals surface area contributed by atoms with E-state index in [1.807, 2.05) is 20.8 Å². The van der Waals surface area contributed by atoms with Crippen LogP contribution in [0.2, 0.25) is 0 Å². The van der Waals surface area contributed by atoms with E-state index in [-0.39, 0.29) is 18.1 Å². The molecule has 0 aliphatic rings. The van der Waals surface area contributed by atoms with Crippen molar-refractivity contribution in [2.45, 2.75) is 32.8 Å². The van der Waals surface area contributed by atoms with Crippen LogP contribution in [0.4, 0.5) is 0 Å². The Labute approximate surface area is 79.8 Å². The monoisotopic (exact) mass is 183 g/mol. The minimum atomic E-state index is -0.274. The molecule has 0 fully saturated rings. The van der Waals surface area contributed by atoms with E-state index < -0.39 is 0 Å². The SMILES string of the molecule is C#CCCNC(=O)COC(C)(C)C. The molecule has 0 spiro atoms. The van der Waals surface area contributed by atoms with E-state index in [2.05, 4.69) is 11.2 Å². The summed E-state index contributed by atoms with van der Waals surface area (Å²) >= 11 is 0. The van der Waals surface area contributed by atoms with Gasteiger partial charge in [-0.25, -0.2) is 0 Å². The first-order valence-electron chi connectivity index (χ1n) is 4.30. The molecule has 0 aliphatic heterocycles. The van der Waals surface area contributed by atoms with Gasteiger partial charge >= 0.3 is 0 Å². The van der Waals surface area contributed by atoms with Gasteiger partial charge in [0.1, 0.15) is 6.61 Å². The van der Waals surface area contributed by atoms with Gasteiger partial charge in [-0.2, -0.15) is 0 Å². The van der Waals surface area contributed by atoms with Crippen molar-refractivity contribution in [1.29, 1.82) is 0 Å². The Morgan fingerprint density at radius 2 is 2.15 bits per heavy atom. The number of carbonyl (C=O) groups is 1. The first-order chi connectivity index (χ1) is 5.95. The Hall–Kier alpha value is -1.01. The molecule has 0 aliphatic carbocycles. The molecule has 0 unspecified atom stereocenters. The maximum absolute atomic E-state index is 11.1. The third-order valence-corrected chi connectivity index (χ3v) is 1.23. The summed E-state index contributed by atoms with van der Waals surface area (Å²) in [7, 11) is 0. The van der Waals surface area contributed by atoms with Gasteiger partial charge in [-0.3, -0.25) is 4.79 Å². The molecule has 0 saturated heterocycles. The second kappa shape index (κ2) is 5.60. The van der Waals surface area contributed by atoms with Gasteiger partial charge in [0.15, 0.2) is 0 Å². The van der Waals surface area contributed by atoms with E-state index in [9.17, 15) is 4.79 Å². The molecular weight excluding hydrogens is 166 g/mol. The summed E-state index contributed by atoms with van der Waals surface area (Å²) in [6.07, 6.45) is 5.58. The van der Waals surface area contributed by atoms with Gasteiger partial charge in [-0.1, -0.05) is 0 Å². The van der Waals surface area contributed by atoms with Crippen LogP contribution >= 0.6 is 0 Å². The quantitative estimate of drug-likeness (QED) is 0.520. The van der Waals surface area contributed by atoms with Crippen molar-refractivity contribution in [1.82, 2.24) is 5.32 Å². The second-order valence-corrected chi connectivity index (χ2v) is 3.71. The van der Waals surface area contributed by atoms with E-state index in [4.69, 9.17) is 11.2 Å². The van der Waals surface area contributed by atoms with E-state index >= 15 is 0 Å². The van der Waals surface area contributed by atoms with Crippen LogP contribution in [0.1, 0.15) is 27.2 Å². The van der Waals surface area contributed by atoms with Gasteiger partial charge in [0.05, 0.1) is 5.60 Å². The number of carbonyl (C=O) groups excluding carboxylic acids is 1. The van der Waals surface area contributed by atoms with Gasteiger partial charge in [0.2, 0.25) is 5.91 Å². The molecular formula is C10H17NO2. The molecule has 0 aromatic carbocycles. The summed E-state index contributed by atoms with van der Waals surface area (Å²) in [5, 5.41) is 2.65. The molecule has 3 nitrogen and oxygen atoms in total. The van der Waals surface area contributed by atoms with E-state index in [1.165, 1.54) is 0 Å². The predicted molar refractivity (Wildman–Crippen MR) is 52.2 cm³/mol. The topological polar surface area (TPSA) is 38.3 Å². The smallest absolute Gasteiger partial charge is 0.246 e. The molecule has 0 heterocycles. The molecule has 0 radical (unpaired) electrons. The summed E-state index contributed by atoms with van der Waals surface area (Å²) < 4.78 is 5.26.